The zero-order valence-corrected chi connectivity index (χ0v) is 9.65. The Labute approximate surface area is 103 Å². The van der Waals surface area contributed by atoms with Gasteiger partial charge in [0, 0.05) is 18.8 Å². The van der Waals surface area contributed by atoms with E-state index in [0.29, 0.717) is 12.2 Å². The largest absolute Gasteiger partial charge is 0.437 e. The van der Waals surface area contributed by atoms with Gasteiger partial charge in [-0.1, -0.05) is 0 Å². The van der Waals surface area contributed by atoms with E-state index in [4.69, 9.17) is 4.74 Å². The first-order valence-electron chi connectivity index (χ1n) is 5.27. The lowest BCUT2D eigenvalue weighted by Gasteiger charge is -2.06. The number of halogens is 2. The number of nitrogens with one attached hydrogen (secondary N) is 1. The van der Waals surface area contributed by atoms with E-state index in [1.54, 1.807) is 13.2 Å². The van der Waals surface area contributed by atoms with E-state index < -0.39 is 11.6 Å². The minimum Gasteiger partial charge on any atom is -0.437 e. The van der Waals surface area contributed by atoms with Gasteiger partial charge in [-0.2, -0.15) is 0 Å². The van der Waals surface area contributed by atoms with Gasteiger partial charge >= 0.3 is 0 Å². The fraction of sp³-hybridized carbons (Fsp3) is 0.167. The summed E-state index contributed by atoms with van der Waals surface area (Å²) in [4.78, 5) is 8.09. The van der Waals surface area contributed by atoms with Crippen LogP contribution in [0, 0.1) is 11.6 Å². The average Bonchev–Trinajstić information content (AvgIpc) is 2.35. The molecule has 1 aromatic heterocycles. The summed E-state index contributed by atoms with van der Waals surface area (Å²) in [6.45, 7) is 0.544. The third-order valence-corrected chi connectivity index (χ3v) is 2.13. The van der Waals surface area contributed by atoms with Crippen LogP contribution in [-0.4, -0.2) is 17.0 Å². The average molecular weight is 251 g/mol. The van der Waals surface area contributed by atoms with Crippen molar-refractivity contribution in [1.82, 2.24) is 15.3 Å². The second kappa shape index (κ2) is 5.50. The van der Waals surface area contributed by atoms with Crippen LogP contribution in [0.15, 0.2) is 30.6 Å². The first-order valence-corrected chi connectivity index (χ1v) is 5.27. The normalized spacial score (nSPS) is 10.4. The highest BCUT2D eigenvalue weighted by molar-refractivity contribution is 5.27. The summed E-state index contributed by atoms with van der Waals surface area (Å²) in [7, 11) is 1.78. The molecule has 0 amide bonds. The van der Waals surface area contributed by atoms with Crippen LogP contribution < -0.4 is 10.1 Å². The summed E-state index contributed by atoms with van der Waals surface area (Å²) in [5.74, 6) is -1.48. The van der Waals surface area contributed by atoms with Crippen molar-refractivity contribution in [3.63, 3.8) is 0 Å². The van der Waals surface area contributed by atoms with Gasteiger partial charge in [-0.25, -0.2) is 13.8 Å². The summed E-state index contributed by atoms with van der Waals surface area (Å²) in [5.41, 5.74) is 0.692. The maximum absolute atomic E-state index is 13.0. The van der Waals surface area contributed by atoms with Crippen LogP contribution in [0.4, 0.5) is 8.78 Å². The van der Waals surface area contributed by atoms with E-state index in [2.05, 4.69) is 15.3 Å². The molecule has 94 valence electrons. The van der Waals surface area contributed by atoms with Crippen LogP contribution >= 0.6 is 0 Å². The maximum atomic E-state index is 13.0. The number of benzene rings is 1. The Balaban J connectivity index is 2.17. The van der Waals surface area contributed by atoms with E-state index >= 15 is 0 Å². The van der Waals surface area contributed by atoms with Crippen LogP contribution in [0.5, 0.6) is 11.6 Å². The molecule has 0 saturated carbocycles. The number of ether oxygens (including phenoxy) is 1. The Bertz CT molecular complexity index is 549. The second-order valence-electron chi connectivity index (χ2n) is 3.56. The van der Waals surface area contributed by atoms with Crippen LogP contribution in [0.25, 0.3) is 0 Å². The molecule has 1 heterocycles. The van der Waals surface area contributed by atoms with E-state index in [1.165, 1.54) is 12.3 Å². The first-order chi connectivity index (χ1) is 8.69. The molecular weight excluding hydrogens is 240 g/mol. The molecule has 0 bridgehead atoms. The van der Waals surface area contributed by atoms with Gasteiger partial charge in [-0.05, 0) is 19.2 Å². The van der Waals surface area contributed by atoms with E-state index in [9.17, 15) is 8.78 Å². The summed E-state index contributed by atoms with van der Waals surface area (Å²) in [5, 5.41) is 2.92. The summed E-state index contributed by atoms with van der Waals surface area (Å²) in [6.07, 6.45) is 3.00. The van der Waals surface area contributed by atoms with Gasteiger partial charge in [-0.15, -0.1) is 0 Å². The number of nitrogens with zero attached hydrogens (tertiary/aromatic N) is 2. The lowest BCUT2D eigenvalue weighted by atomic mass is 10.3. The fourth-order valence-electron chi connectivity index (χ4n) is 1.36. The SMILES string of the molecule is CNCc1cncc(Oc2ccc(F)c(F)c2)n1. The lowest BCUT2D eigenvalue weighted by molar-refractivity contribution is 0.443. The van der Waals surface area contributed by atoms with E-state index in [0.717, 1.165) is 12.1 Å². The van der Waals surface area contributed by atoms with Crippen molar-refractivity contribution < 1.29 is 13.5 Å². The molecule has 0 spiro atoms. The maximum Gasteiger partial charge on any atom is 0.238 e. The highest BCUT2D eigenvalue weighted by Crippen LogP contribution is 2.21. The molecule has 0 aliphatic carbocycles. The summed E-state index contributed by atoms with van der Waals surface area (Å²) in [6, 6.07) is 3.28. The standard InChI is InChI=1S/C12H11F2N3O/c1-15-5-8-6-16-7-12(17-8)18-9-2-3-10(13)11(14)4-9/h2-4,6-7,15H,5H2,1H3. The Kier molecular flexibility index (Phi) is 3.78. The zero-order chi connectivity index (χ0) is 13.0. The van der Waals surface area contributed by atoms with Gasteiger partial charge in [0.2, 0.25) is 5.88 Å². The molecule has 1 N–H and O–H groups in total. The molecule has 2 aromatic rings. The van der Waals surface area contributed by atoms with Crippen molar-refractivity contribution in [2.75, 3.05) is 7.05 Å². The lowest BCUT2D eigenvalue weighted by Crippen LogP contribution is -2.07. The van der Waals surface area contributed by atoms with Crippen molar-refractivity contribution in [3.05, 3.63) is 47.9 Å². The van der Waals surface area contributed by atoms with Crippen LogP contribution in [0.1, 0.15) is 5.69 Å². The molecule has 0 saturated heterocycles. The zero-order valence-electron chi connectivity index (χ0n) is 9.65. The topological polar surface area (TPSA) is 47.0 Å². The van der Waals surface area contributed by atoms with Crippen molar-refractivity contribution >= 4 is 0 Å². The number of aromatic nitrogens is 2. The molecule has 0 aliphatic heterocycles. The van der Waals surface area contributed by atoms with E-state index in [1.807, 2.05) is 0 Å². The third kappa shape index (κ3) is 2.98. The molecular formula is C12H11F2N3O. The van der Waals surface area contributed by atoms with Gasteiger partial charge in [0.05, 0.1) is 11.9 Å². The molecule has 4 nitrogen and oxygen atoms in total. The Hall–Kier alpha value is -2.08. The fourth-order valence-corrected chi connectivity index (χ4v) is 1.36. The van der Waals surface area contributed by atoms with Gasteiger partial charge in [0.1, 0.15) is 5.75 Å². The first kappa shape index (κ1) is 12.4. The Morgan fingerprint density at radius 2 is 2.06 bits per heavy atom. The Morgan fingerprint density at radius 1 is 1.22 bits per heavy atom. The minimum atomic E-state index is -0.966. The van der Waals surface area contributed by atoms with Crippen LogP contribution in [-0.2, 0) is 6.54 Å². The van der Waals surface area contributed by atoms with Gasteiger partial charge < -0.3 is 10.1 Å². The molecule has 0 radical (unpaired) electrons. The molecule has 0 aliphatic rings. The minimum absolute atomic E-state index is 0.171. The highest BCUT2D eigenvalue weighted by Gasteiger charge is 2.05. The highest BCUT2D eigenvalue weighted by atomic mass is 19.2. The number of hydrogen-bond acceptors (Lipinski definition) is 4. The molecule has 0 unspecified atom stereocenters. The van der Waals surface area contributed by atoms with Gasteiger partial charge in [-0.3, -0.25) is 4.98 Å². The quantitative estimate of drug-likeness (QED) is 0.905. The van der Waals surface area contributed by atoms with Crippen molar-refractivity contribution in [2.45, 2.75) is 6.54 Å². The van der Waals surface area contributed by atoms with Crippen LogP contribution in [0.3, 0.4) is 0 Å². The Morgan fingerprint density at radius 3 is 2.78 bits per heavy atom. The van der Waals surface area contributed by atoms with Gasteiger partial charge in [0.25, 0.3) is 0 Å². The molecule has 2 rings (SSSR count). The second-order valence-corrected chi connectivity index (χ2v) is 3.56. The molecule has 1 aromatic carbocycles. The van der Waals surface area contributed by atoms with Crippen LogP contribution in [0.2, 0.25) is 0 Å². The predicted octanol–water partition coefficient (Wildman–Crippen LogP) is 2.27. The summed E-state index contributed by atoms with van der Waals surface area (Å²) >= 11 is 0. The third-order valence-electron chi connectivity index (χ3n) is 2.13. The van der Waals surface area contributed by atoms with Crippen molar-refractivity contribution in [2.24, 2.45) is 0 Å². The van der Waals surface area contributed by atoms with Crippen molar-refractivity contribution in [1.29, 1.82) is 0 Å². The number of hydrogen-bond donors (Lipinski definition) is 1. The van der Waals surface area contributed by atoms with Gasteiger partial charge in [0.15, 0.2) is 11.6 Å². The molecule has 6 heteroatoms. The predicted molar refractivity (Wildman–Crippen MR) is 61.2 cm³/mol. The van der Waals surface area contributed by atoms with Crippen molar-refractivity contribution in [3.8, 4) is 11.6 Å². The van der Waals surface area contributed by atoms with E-state index in [-0.39, 0.29) is 11.6 Å². The number of rotatable bonds is 4. The smallest absolute Gasteiger partial charge is 0.238 e. The summed E-state index contributed by atoms with van der Waals surface area (Å²) < 4.78 is 31.0. The molecule has 18 heavy (non-hydrogen) atoms. The molecule has 0 fully saturated rings. The molecule has 0 atom stereocenters. The monoisotopic (exact) mass is 251 g/mol.